The van der Waals surface area contributed by atoms with E-state index in [-0.39, 0.29) is 17.4 Å². The number of nitrogens with one attached hydrogen (secondary N) is 1. The number of rotatable bonds is 3. The molecule has 4 nitrogen and oxygen atoms in total. The van der Waals surface area contributed by atoms with Crippen LogP contribution in [0.5, 0.6) is 0 Å². The van der Waals surface area contributed by atoms with E-state index < -0.39 is 5.60 Å². The van der Waals surface area contributed by atoms with Gasteiger partial charge in [0.2, 0.25) is 5.91 Å². The second-order valence-corrected chi connectivity index (χ2v) is 5.82. The summed E-state index contributed by atoms with van der Waals surface area (Å²) in [5.74, 6) is 0.0857. The Balaban J connectivity index is 1.87. The summed E-state index contributed by atoms with van der Waals surface area (Å²) < 4.78 is 5.35. The lowest BCUT2D eigenvalue weighted by atomic mass is 9.87. The fourth-order valence-electron chi connectivity index (χ4n) is 2.83. The topological polar surface area (TPSA) is 58.6 Å². The molecule has 0 aromatic carbocycles. The number of ether oxygens (including phenoxy) is 1. The van der Waals surface area contributed by atoms with Crippen LogP contribution in [0.15, 0.2) is 0 Å². The van der Waals surface area contributed by atoms with E-state index in [1.54, 1.807) is 0 Å². The summed E-state index contributed by atoms with van der Waals surface area (Å²) in [5, 5.41) is 13.2. The quantitative estimate of drug-likeness (QED) is 0.781. The van der Waals surface area contributed by atoms with Crippen molar-refractivity contribution >= 4 is 5.91 Å². The van der Waals surface area contributed by atoms with Gasteiger partial charge in [-0.15, -0.1) is 0 Å². The first kappa shape index (κ1) is 12.8. The maximum Gasteiger partial charge on any atom is 0.226 e. The van der Waals surface area contributed by atoms with Gasteiger partial charge in [0, 0.05) is 25.0 Å². The Morgan fingerprint density at radius 2 is 2.06 bits per heavy atom. The molecule has 2 aliphatic rings. The smallest absolute Gasteiger partial charge is 0.226 e. The lowest BCUT2D eigenvalue weighted by Gasteiger charge is -2.29. The molecule has 17 heavy (non-hydrogen) atoms. The lowest BCUT2D eigenvalue weighted by Crippen LogP contribution is -2.50. The third-order valence-corrected chi connectivity index (χ3v) is 4.47. The Hall–Kier alpha value is -0.610. The number of hydrogen-bond acceptors (Lipinski definition) is 3. The van der Waals surface area contributed by atoms with Gasteiger partial charge >= 0.3 is 0 Å². The molecule has 2 rings (SSSR count). The van der Waals surface area contributed by atoms with Gasteiger partial charge in [0.25, 0.3) is 0 Å². The van der Waals surface area contributed by atoms with E-state index in [9.17, 15) is 9.90 Å². The Morgan fingerprint density at radius 1 is 1.41 bits per heavy atom. The van der Waals surface area contributed by atoms with Crippen LogP contribution in [0, 0.1) is 5.41 Å². The fourth-order valence-corrected chi connectivity index (χ4v) is 2.83. The summed E-state index contributed by atoms with van der Waals surface area (Å²) in [6.07, 6.45) is 4.60. The molecule has 2 fully saturated rings. The minimum absolute atomic E-state index is 0.0857. The normalized spacial score (nSPS) is 36.1. The molecule has 1 heterocycles. The van der Waals surface area contributed by atoms with Crippen LogP contribution < -0.4 is 5.32 Å². The molecule has 98 valence electrons. The van der Waals surface area contributed by atoms with E-state index in [0.717, 1.165) is 25.7 Å². The van der Waals surface area contributed by atoms with Crippen LogP contribution in [0.1, 0.15) is 46.0 Å². The zero-order chi connectivity index (χ0) is 12.5. The second-order valence-electron chi connectivity index (χ2n) is 5.82. The summed E-state index contributed by atoms with van der Waals surface area (Å²) in [4.78, 5) is 12.1. The van der Waals surface area contributed by atoms with Crippen molar-refractivity contribution in [2.75, 3.05) is 13.2 Å². The molecule has 0 aromatic heterocycles. The molecule has 2 N–H and O–H groups in total. The Kier molecular flexibility index (Phi) is 3.46. The van der Waals surface area contributed by atoms with Crippen molar-refractivity contribution in [2.24, 2.45) is 5.41 Å². The molecular formula is C13H23NO3. The Bertz CT molecular complexity index is 299. The highest BCUT2D eigenvalue weighted by Crippen LogP contribution is 2.37. The number of carbonyl (C=O) groups is 1. The first-order chi connectivity index (χ1) is 7.96. The predicted molar refractivity (Wildman–Crippen MR) is 64.6 cm³/mol. The molecule has 4 heteroatoms. The molecule has 1 saturated heterocycles. The summed E-state index contributed by atoms with van der Waals surface area (Å²) in [6.45, 7) is 4.76. The molecule has 1 amide bonds. The highest BCUT2D eigenvalue weighted by atomic mass is 16.5. The Labute approximate surface area is 103 Å². The van der Waals surface area contributed by atoms with Gasteiger partial charge in [-0.2, -0.15) is 0 Å². The van der Waals surface area contributed by atoms with E-state index in [1.165, 1.54) is 0 Å². The largest absolute Gasteiger partial charge is 0.385 e. The maximum atomic E-state index is 12.1. The van der Waals surface area contributed by atoms with Crippen molar-refractivity contribution in [1.82, 2.24) is 5.32 Å². The average molecular weight is 241 g/mol. The predicted octanol–water partition coefficient (Wildman–Crippen LogP) is 1.22. The summed E-state index contributed by atoms with van der Waals surface area (Å²) in [6, 6.07) is 0. The van der Waals surface area contributed by atoms with E-state index in [1.807, 2.05) is 13.8 Å². The SMILES string of the molecule is CC1OCCC1(O)CNC(=O)C1(C)CCCC1. The second kappa shape index (κ2) is 4.58. The van der Waals surface area contributed by atoms with E-state index in [2.05, 4.69) is 5.32 Å². The van der Waals surface area contributed by atoms with Crippen LogP contribution in [-0.4, -0.2) is 35.9 Å². The summed E-state index contributed by atoms with van der Waals surface area (Å²) >= 11 is 0. The van der Waals surface area contributed by atoms with Gasteiger partial charge in [-0.3, -0.25) is 4.79 Å². The molecule has 0 spiro atoms. The van der Waals surface area contributed by atoms with Gasteiger partial charge in [-0.05, 0) is 19.8 Å². The summed E-state index contributed by atoms with van der Waals surface area (Å²) in [7, 11) is 0. The zero-order valence-electron chi connectivity index (χ0n) is 10.8. The third-order valence-electron chi connectivity index (χ3n) is 4.47. The molecule has 2 unspecified atom stereocenters. The van der Waals surface area contributed by atoms with Crippen LogP contribution in [0.3, 0.4) is 0 Å². The third kappa shape index (κ3) is 2.47. The number of aliphatic hydroxyl groups is 1. The molecule has 1 saturated carbocycles. The summed E-state index contributed by atoms with van der Waals surface area (Å²) in [5.41, 5.74) is -1.11. The van der Waals surface area contributed by atoms with Gasteiger partial charge < -0.3 is 15.2 Å². The van der Waals surface area contributed by atoms with Gasteiger partial charge in [-0.25, -0.2) is 0 Å². The van der Waals surface area contributed by atoms with Crippen LogP contribution in [0.25, 0.3) is 0 Å². The maximum absolute atomic E-state index is 12.1. The molecule has 0 radical (unpaired) electrons. The average Bonchev–Trinajstić information content (AvgIpc) is 2.86. The van der Waals surface area contributed by atoms with E-state index in [4.69, 9.17) is 4.74 Å². The fraction of sp³-hybridized carbons (Fsp3) is 0.923. The number of hydrogen-bond donors (Lipinski definition) is 2. The molecule has 0 aromatic rings. The first-order valence-electron chi connectivity index (χ1n) is 6.59. The minimum Gasteiger partial charge on any atom is -0.385 e. The van der Waals surface area contributed by atoms with Crippen LogP contribution in [-0.2, 0) is 9.53 Å². The van der Waals surface area contributed by atoms with Crippen molar-refractivity contribution in [2.45, 2.75) is 57.7 Å². The van der Waals surface area contributed by atoms with Crippen molar-refractivity contribution in [3.63, 3.8) is 0 Å². The van der Waals surface area contributed by atoms with Crippen molar-refractivity contribution in [1.29, 1.82) is 0 Å². The molecular weight excluding hydrogens is 218 g/mol. The van der Waals surface area contributed by atoms with Crippen molar-refractivity contribution < 1.29 is 14.6 Å². The standard InChI is InChI=1S/C13H23NO3/c1-10-13(16,7-8-17-10)9-14-11(15)12(2)5-3-4-6-12/h10,16H,3-9H2,1-2H3,(H,14,15). The van der Waals surface area contributed by atoms with Crippen LogP contribution >= 0.6 is 0 Å². The van der Waals surface area contributed by atoms with Gasteiger partial charge in [0.1, 0.15) is 5.60 Å². The highest BCUT2D eigenvalue weighted by molar-refractivity contribution is 5.82. The van der Waals surface area contributed by atoms with E-state index >= 15 is 0 Å². The van der Waals surface area contributed by atoms with Crippen molar-refractivity contribution in [3.05, 3.63) is 0 Å². The number of amides is 1. The van der Waals surface area contributed by atoms with Crippen molar-refractivity contribution in [3.8, 4) is 0 Å². The number of carbonyl (C=O) groups excluding carboxylic acids is 1. The first-order valence-corrected chi connectivity index (χ1v) is 6.59. The molecule has 1 aliphatic carbocycles. The van der Waals surface area contributed by atoms with E-state index in [0.29, 0.717) is 19.6 Å². The van der Waals surface area contributed by atoms with Gasteiger partial charge in [-0.1, -0.05) is 19.8 Å². The van der Waals surface area contributed by atoms with Gasteiger partial charge in [0.05, 0.1) is 6.10 Å². The Morgan fingerprint density at radius 3 is 2.59 bits per heavy atom. The zero-order valence-corrected chi connectivity index (χ0v) is 10.8. The highest BCUT2D eigenvalue weighted by Gasteiger charge is 2.42. The molecule has 2 atom stereocenters. The van der Waals surface area contributed by atoms with Crippen LogP contribution in [0.4, 0.5) is 0 Å². The molecule has 1 aliphatic heterocycles. The molecule has 0 bridgehead atoms. The minimum atomic E-state index is -0.884. The lowest BCUT2D eigenvalue weighted by molar-refractivity contribution is -0.131. The van der Waals surface area contributed by atoms with Crippen LogP contribution in [0.2, 0.25) is 0 Å². The monoisotopic (exact) mass is 241 g/mol. The van der Waals surface area contributed by atoms with Gasteiger partial charge in [0.15, 0.2) is 0 Å².